The summed E-state index contributed by atoms with van der Waals surface area (Å²) in [5.74, 6) is 0.474. The van der Waals surface area contributed by atoms with Crippen LogP contribution in [0, 0.1) is 12.8 Å². The molecule has 1 aromatic heterocycles. The van der Waals surface area contributed by atoms with Crippen molar-refractivity contribution in [2.24, 2.45) is 5.92 Å². The molecule has 3 heteroatoms. The number of hydrogen-bond acceptors (Lipinski definition) is 2. The smallest absolute Gasteiger partial charge is 0.226 e. The summed E-state index contributed by atoms with van der Waals surface area (Å²) in [6.07, 6.45) is 3.77. The first kappa shape index (κ1) is 12.1. The highest BCUT2D eigenvalue weighted by atomic mass is 16.2. The minimum atomic E-state index is 0.179. The Morgan fingerprint density at radius 1 is 1.35 bits per heavy atom. The predicted molar refractivity (Wildman–Crippen MR) is 67.3 cm³/mol. The third-order valence-corrected chi connectivity index (χ3v) is 3.59. The lowest BCUT2D eigenvalue weighted by Gasteiger charge is -2.21. The van der Waals surface area contributed by atoms with Crippen molar-refractivity contribution in [3.63, 3.8) is 0 Å². The summed E-state index contributed by atoms with van der Waals surface area (Å²) >= 11 is 0. The molecule has 0 radical (unpaired) electrons. The van der Waals surface area contributed by atoms with E-state index in [2.05, 4.69) is 24.9 Å². The molecule has 0 N–H and O–H groups in total. The monoisotopic (exact) mass is 232 g/mol. The van der Waals surface area contributed by atoms with Crippen LogP contribution in [-0.2, 0) is 17.9 Å². The Labute approximate surface area is 103 Å². The fourth-order valence-electron chi connectivity index (χ4n) is 2.45. The number of hydrogen-bond donors (Lipinski definition) is 0. The Morgan fingerprint density at radius 2 is 2.00 bits per heavy atom. The Balaban J connectivity index is 2.12. The van der Waals surface area contributed by atoms with Gasteiger partial charge in [0.25, 0.3) is 0 Å². The van der Waals surface area contributed by atoms with Gasteiger partial charge in [0.1, 0.15) is 0 Å². The number of amides is 1. The number of fused-ring (bicyclic) bond motifs is 1. The third-order valence-electron chi connectivity index (χ3n) is 3.59. The molecule has 1 aromatic rings. The van der Waals surface area contributed by atoms with E-state index >= 15 is 0 Å². The zero-order valence-corrected chi connectivity index (χ0v) is 10.9. The quantitative estimate of drug-likeness (QED) is 0.802. The van der Waals surface area contributed by atoms with Crippen LogP contribution < -0.4 is 0 Å². The molecular formula is C14H20N2O. The highest BCUT2D eigenvalue weighted by Gasteiger charge is 2.27. The fourth-order valence-corrected chi connectivity index (χ4v) is 2.45. The predicted octanol–water partition coefficient (Wildman–Crippen LogP) is 2.67. The molecule has 3 nitrogen and oxygen atoms in total. The molecule has 1 aliphatic rings. The van der Waals surface area contributed by atoms with Crippen LogP contribution in [0.1, 0.15) is 43.5 Å². The van der Waals surface area contributed by atoms with E-state index < -0.39 is 0 Å². The first-order valence-corrected chi connectivity index (χ1v) is 6.38. The van der Waals surface area contributed by atoms with Gasteiger partial charge in [0, 0.05) is 30.9 Å². The Morgan fingerprint density at radius 3 is 2.65 bits per heavy atom. The highest BCUT2D eigenvalue weighted by molar-refractivity contribution is 5.79. The van der Waals surface area contributed by atoms with E-state index in [4.69, 9.17) is 0 Å². The zero-order valence-electron chi connectivity index (χ0n) is 10.9. The van der Waals surface area contributed by atoms with Gasteiger partial charge in [0.15, 0.2) is 0 Å². The van der Waals surface area contributed by atoms with Gasteiger partial charge in [0.05, 0.1) is 0 Å². The van der Waals surface area contributed by atoms with Gasteiger partial charge >= 0.3 is 0 Å². The number of carbonyl (C=O) groups excluding carboxylic acids is 1. The van der Waals surface area contributed by atoms with Crippen LogP contribution in [0.4, 0.5) is 0 Å². The molecule has 0 fully saturated rings. The lowest BCUT2D eigenvalue weighted by molar-refractivity contribution is -0.136. The van der Waals surface area contributed by atoms with Gasteiger partial charge in [-0.15, -0.1) is 0 Å². The minimum absolute atomic E-state index is 0.179. The van der Waals surface area contributed by atoms with Crippen LogP contribution in [-0.4, -0.2) is 15.8 Å². The third kappa shape index (κ3) is 2.33. The molecule has 0 aromatic carbocycles. The Hall–Kier alpha value is -1.38. The van der Waals surface area contributed by atoms with Crippen molar-refractivity contribution in [1.82, 2.24) is 9.88 Å². The van der Waals surface area contributed by atoms with Crippen molar-refractivity contribution in [1.29, 1.82) is 0 Å². The molecule has 17 heavy (non-hydrogen) atoms. The van der Waals surface area contributed by atoms with E-state index in [0.717, 1.165) is 31.6 Å². The van der Waals surface area contributed by atoms with Crippen LogP contribution in [0.3, 0.4) is 0 Å². The maximum absolute atomic E-state index is 12.3. The second-order valence-corrected chi connectivity index (χ2v) is 4.80. The van der Waals surface area contributed by atoms with Gasteiger partial charge < -0.3 is 4.90 Å². The Bertz CT molecular complexity index is 424. The number of aromatic nitrogens is 1. The van der Waals surface area contributed by atoms with E-state index in [1.807, 2.05) is 18.0 Å². The lowest BCUT2D eigenvalue weighted by Crippen LogP contribution is -2.31. The molecule has 1 aliphatic heterocycles. The fraction of sp³-hybridized carbons (Fsp3) is 0.571. The summed E-state index contributed by atoms with van der Waals surface area (Å²) in [6, 6.07) is 2.09. The van der Waals surface area contributed by atoms with Crippen LogP contribution >= 0.6 is 0 Å². The van der Waals surface area contributed by atoms with Gasteiger partial charge in [-0.25, -0.2) is 0 Å². The van der Waals surface area contributed by atoms with Crippen molar-refractivity contribution in [3.05, 3.63) is 29.1 Å². The topological polar surface area (TPSA) is 33.2 Å². The van der Waals surface area contributed by atoms with Gasteiger partial charge in [-0.3, -0.25) is 9.78 Å². The molecule has 2 heterocycles. The van der Waals surface area contributed by atoms with E-state index in [1.165, 1.54) is 11.1 Å². The maximum atomic E-state index is 12.3. The molecule has 0 spiro atoms. The van der Waals surface area contributed by atoms with Gasteiger partial charge in [0.2, 0.25) is 5.91 Å². The molecular weight excluding hydrogens is 212 g/mol. The SMILES string of the molecule is CCC(CC)C(=O)N1Cc2cnc(C)cc2C1. The lowest BCUT2D eigenvalue weighted by atomic mass is 10.0. The minimum Gasteiger partial charge on any atom is -0.334 e. The largest absolute Gasteiger partial charge is 0.334 e. The van der Waals surface area contributed by atoms with Gasteiger partial charge in [-0.2, -0.15) is 0 Å². The van der Waals surface area contributed by atoms with Crippen molar-refractivity contribution in [2.45, 2.75) is 46.7 Å². The summed E-state index contributed by atoms with van der Waals surface area (Å²) in [4.78, 5) is 18.5. The normalized spacial score (nSPS) is 14.2. The van der Waals surface area contributed by atoms with Crippen molar-refractivity contribution in [3.8, 4) is 0 Å². The standard InChI is InChI=1S/C14H20N2O/c1-4-11(5-2)14(17)16-8-12-6-10(3)15-7-13(12)9-16/h6-7,11H,4-5,8-9H2,1-3H3. The van der Waals surface area contributed by atoms with E-state index in [1.54, 1.807) is 0 Å². The average Bonchev–Trinajstić information content (AvgIpc) is 2.73. The molecule has 0 saturated carbocycles. The van der Waals surface area contributed by atoms with Crippen LogP contribution in [0.5, 0.6) is 0 Å². The average molecular weight is 232 g/mol. The van der Waals surface area contributed by atoms with Crippen LogP contribution in [0.2, 0.25) is 0 Å². The molecule has 0 atom stereocenters. The van der Waals surface area contributed by atoms with Crippen molar-refractivity contribution >= 4 is 5.91 Å². The highest BCUT2D eigenvalue weighted by Crippen LogP contribution is 2.25. The summed E-state index contributed by atoms with van der Waals surface area (Å²) in [7, 11) is 0. The summed E-state index contributed by atoms with van der Waals surface area (Å²) in [5, 5.41) is 0. The number of rotatable bonds is 3. The molecule has 92 valence electrons. The molecule has 2 rings (SSSR count). The van der Waals surface area contributed by atoms with E-state index in [0.29, 0.717) is 5.91 Å². The first-order chi connectivity index (χ1) is 8.15. The number of aryl methyl sites for hydroxylation is 1. The van der Waals surface area contributed by atoms with Crippen LogP contribution in [0.25, 0.3) is 0 Å². The summed E-state index contributed by atoms with van der Waals surface area (Å²) in [6.45, 7) is 7.65. The van der Waals surface area contributed by atoms with Crippen molar-refractivity contribution in [2.75, 3.05) is 0 Å². The first-order valence-electron chi connectivity index (χ1n) is 6.38. The van der Waals surface area contributed by atoms with E-state index in [9.17, 15) is 4.79 Å². The Kier molecular flexibility index (Phi) is 3.46. The van der Waals surface area contributed by atoms with Crippen LogP contribution in [0.15, 0.2) is 12.3 Å². The zero-order chi connectivity index (χ0) is 12.4. The molecule has 0 unspecified atom stereocenters. The molecule has 0 saturated heterocycles. The second kappa shape index (κ2) is 4.86. The molecule has 0 bridgehead atoms. The van der Waals surface area contributed by atoms with Gasteiger partial charge in [-0.1, -0.05) is 13.8 Å². The van der Waals surface area contributed by atoms with Gasteiger partial charge in [-0.05, 0) is 37.0 Å². The summed E-state index contributed by atoms with van der Waals surface area (Å²) in [5.41, 5.74) is 3.49. The van der Waals surface area contributed by atoms with E-state index in [-0.39, 0.29) is 5.92 Å². The van der Waals surface area contributed by atoms with Crippen molar-refractivity contribution < 1.29 is 4.79 Å². The summed E-state index contributed by atoms with van der Waals surface area (Å²) < 4.78 is 0. The maximum Gasteiger partial charge on any atom is 0.226 e. The molecule has 1 amide bonds. The number of nitrogens with zero attached hydrogens (tertiary/aromatic N) is 2. The number of carbonyl (C=O) groups is 1. The second-order valence-electron chi connectivity index (χ2n) is 4.80. The number of pyridine rings is 1. The molecule has 0 aliphatic carbocycles.